The molecule has 0 bridgehead atoms. The summed E-state index contributed by atoms with van der Waals surface area (Å²) in [5.41, 5.74) is 2.55. The molecule has 0 fully saturated rings. The first-order chi connectivity index (χ1) is 8.69. The summed E-state index contributed by atoms with van der Waals surface area (Å²) in [6.45, 7) is 2.10. The monoisotopic (exact) mass is 242 g/mol. The van der Waals surface area contributed by atoms with Gasteiger partial charge < -0.3 is 4.74 Å². The van der Waals surface area contributed by atoms with E-state index in [-0.39, 0.29) is 5.97 Å². The lowest BCUT2D eigenvalue weighted by Crippen LogP contribution is -2.00. The molecule has 0 amide bonds. The summed E-state index contributed by atoms with van der Waals surface area (Å²) in [5.74, 6) is -0.133. The number of rotatable bonds is 4. The van der Waals surface area contributed by atoms with Crippen LogP contribution in [0, 0.1) is 6.92 Å². The third kappa shape index (κ3) is 3.10. The SMILES string of the molecule is COC(=O)CCCc1ccc2cc(C)ccc2c1. The first-order valence-electron chi connectivity index (χ1n) is 6.25. The lowest BCUT2D eigenvalue weighted by molar-refractivity contribution is -0.140. The quantitative estimate of drug-likeness (QED) is 0.765. The largest absolute Gasteiger partial charge is 0.469 e. The van der Waals surface area contributed by atoms with E-state index in [0.717, 1.165) is 12.8 Å². The molecule has 0 atom stereocenters. The van der Waals surface area contributed by atoms with Gasteiger partial charge in [-0.25, -0.2) is 0 Å². The van der Waals surface area contributed by atoms with E-state index in [2.05, 4.69) is 48.1 Å². The number of carbonyl (C=O) groups excluding carboxylic acids is 1. The smallest absolute Gasteiger partial charge is 0.305 e. The number of methoxy groups -OCH3 is 1. The minimum absolute atomic E-state index is 0.133. The van der Waals surface area contributed by atoms with Gasteiger partial charge in [-0.2, -0.15) is 0 Å². The Hall–Kier alpha value is -1.83. The molecule has 0 aliphatic carbocycles. The predicted molar refractivity (Wildman–Crippen MR) is 73.6 cm³/mol. The van der Waals surface area contributed by atoms with Gasteiger partial charge in [-0.3, -0.25) is 4.79 Å². The van der Waals surface area contributed by atoms with Crippen molar-refractivity contribution in [2.24, 2.45) is 0 Å². The molecule has 0 unspecified atom stereocenters. The normalized spacial score (nSPS) is 10.6. The molecule has 0 saturated carbocycles. The van der Waals surface area contributed by atoms with Crippen molar-refractivity contribution in [2.45, 2.75) is 26.2 Å². The summed E-state index contributed by atoms with van der Waals surface area (Å²) in [7, 11) is 1.43. The van der Waals surface area contributed by atoms with Gasteiger partial charge in [0.15, 0.2) is 0 Å². The van der Waals surface area contributed by atoms with E-state index < -0.39 is 0 Å². The highest BCUT2D eigenvalue weighted by atomic mass is 16.5. The Morgan fingerprint density at radius 2 is 1.83 bits per heavy atom. The molecule has 0 heterocycles. The molecule has 0 N–H and O–H groups in total. The van der Waals surface area contributed by atoms with Crippen LogP contribution in [0.15, 0.2) is 36.4 Å². The van der Waals surface area contributed by atoms with E-state index in [1.54, 1.807) is 0 Å². The average molecular weight is 242 g/mol. The van der Waals surface area contributed by atoms with Crippen LogP contribution in [0.1, 0.15) is 24.0 Å². The van der Waals surface area contributed by atoms with Crippen molar-refractivity contribution in [1.29, 1.82) is 0 Å². The van der Waals surface area contributed by atoms with Crippen LogP contribution in [0.4, 0.5) is 0 Å². The Labute approximate surface area is 108 Å². The number of esters is 1. The molecular formula is C16H18O2. The lowest BCUT2D eigenvalue weighted by Gasteiger charge is -2.04. The lowest BCUT2D eigenvalue weighted by atomic mass is 10.0. The Morgan fingerprint density at radius 1 is 1.11 bits per heavy atom. The van der Waals surface area contributed by atoms with Crippen LogP contribution in [-0.2, 0) is 16.0 Å². The van der Waals surface area contributed by atoms with Crippen LogP contribution in [-0.4, -0.2) is 13.1 Å². The number of benzene rings is 2. The number of ether oxygens (including phenoxy) is 1. The van der Waals surface area contributed by atoms with E-state index in [9.17, 15) is 4.79 Å². The molecule has 2 rings (SSSR count). The average Bonchev–Trinajstić information content (AvgIpc) is 2.38. The number of hydrogen-bond acceptors (Lipinski definition) is 2. The molecule has 94 valence electrons. The molecular weight excluding hydrogens is 224 g/mol. The van der Waals surface area contributed by atoms with Crippen molar-refractivity contribution in [1.82, 2.24) is 0 Å². The third-order valence-corrected chi connectivity index (χ3v) is 3.13. The zero-order valence-electron chi connectivity index (χ0n) is 10.9. The summed E-state index contributed by atoms with van der Waals surface area (Å²) in [4.78, 5) is 11.0. The summed E-state index contributed by atoms with van der Waals surface area (Å²) in [5, 5.41) is 2.53. The molecule has 2 heteroatoms. The van der Waals surface area contributed by atoms with Gasteiger partial charge in [0.25, 0.3) is 0 Å². The van der Waals surface area contributed by atoms with Crippen molar-refractivity contribution >= 4 is 16.7 Å². The van der Waals surface area contributed by atoms with Gasteiger partial charge in [-0.05, 0) is 36.1 Å². The van der Waals surface area contributed by atoms with Gasteiger partial charge in [-0.1, -0.05) is 42.0 Å². The first-order valence-corrected chi connectivity index (χ1v) is 6.25. The van der Waals surface area contributed by atoms with Crippen LogP contribution in [0.25, 0.3) is 10.8 Å². The Balaban J connectivity index is 2.06. The summed E-state index contributed by atoms with van der Waals surface area (Å²) in [6.07, 6.45) is 2.24. The van der Waals surface area contributed by atoms with Crippen LogP contribution >= 0.6 is 0 Å². The highest BCUT2D eigenvalue weighted by Gasteiger charge is 2.01. The molecule has 2 nitrogen and oxygen atoms in total. The van der Waals surface area contributed by atoms with E-state index in [0.29, 0.717) is 6.42 Å². The number of fused-ring (bicyclic) bond motifs is 1. The van der Waals surface area contributed by atoms with Gasteiger partial charge >= 0.3 is 5.97 Å². The van der Waals surface area contributed by atoms with E-state index in [1.807, 2.05) is 0 Å². The molecule has 0 radical (unpaired) electrons. The van der Waals surface area contributed by atoms with E-state index >= 15 is 0 Å². The Kier molecular flexibility index (Phi) is 3.98. The highest BCUT2D eigenvalue weighted by Crippen LogP contribution is 2.18. The fourth-order valence-electron chi connectivity index (χ4n) is 2.11. The molecule has 0 aliphatic rings. The van der Waals surface area contributed by atoms with Gasteiger partial charge in [0.2, 0.25) is 0 Å². The van der Waals surface area contributed by atoms with Crippen molar-refractivity contribution < 1.29 is 9.53 Å². The summed E-state index contributed by atoms with van der Waals surface area (Å²) in [6, 6.07) is 12.9. The fourth-order valence-corrected chi connectivity index (χ4v) is 2.11. The second kappa shape index (κ2) is 5.67. The molecule has 2 aromatic rings. The molecule has 0 saturated heterocycles. The number of aryl methyl sites for hydroxylation is 2. The number of hydrogen-bond donors (Lipinski definition) is 0. The zero-order valence-corrected chi connectivity index (χ0v) is 10.9. The van der Waals surface area contributed by atoms with E-state index in [4.69, 9.17) is 0 Å². The zero-order chi connectivity index (χ0) is 13.0. The highest BCUT2D eigenvalue weighted by molar-refractivity contribution is 5.83. The second-order valence-corrected chi connectivity index (χ2v) is 4.61. The maximum atomic E-state index is 11.0. The second-order valence-electron chi connectivity index (χ2n) is 4.61. The van der Waals surface area contributed by atoms with Crippen LogP contribution in [0.3, 0.4) is 0 Å². The topological polar surface area (TPSA) is 26.3 Å². The van der Waals surface area contributed by atoms with Crippen LogP contribution in [0.2, 0.25) is 0 Å². The van der Waals surface area contributed by atoms with Crippen LogP contribution < -0.4 is 0 Å². The van der Waals surface area contributed by atoms with Crippen molar-refractivity contribution in [3.05, 3.63) is 47.5 Å². The number of carbonyl (C=O) groups is 1. The standard InChI is InChI=1S/C16H18O2/c1-12-6-8-15-11-13(7-9-14(15)10-12)4-3-5-16(17)18-2/h6-11H,3-5H2,1-2H3. The minimum atomic E-state index is -0.133. The van der Waals surface area contributed by atoms with Gasteiger partial charge in [-0.15, -0.1) is 0 Å². The van der Waals surface area contributed by atoms with Gasteiger partial charge in [0.1, 0.15) is 0 Å². The maximum absolute atomic E-state index is 11.0. The predicted octanol–water partition coefficient (Wildman–Crippen LogP) is 3.64. The minimum Gasteiger partial charge on any atom is -0.469 e. The fraction of sp³-hybridized carbons (Fsp3) is 0.312. The van der Waals surface area contributed by atoms with E-state index in [1.165, 1.54) is 29.0 Å². The Bertz CT molecular complexity index is 558. The van der Waals surface area contributed by atoms with Gasteiger partial charge in [0, 0.05) is 6.42 Å². The van der Waals surface area contributed by atoms with Crippen molar-refractivity contribution in [3.63, 3.8) is 0 Å². The van der Waals surface area contributed by atoms with Crippen molar-refractivity contribution in [3.8, 4) is 0 Å². The summed E-state index contributed by atoms with van der Waals surface area (Å²) >= 11 is 0. The molecule has 18 heavy (non-hydrogen) atoms. The molecule has 2 aromatic carbocycles. The molecule has 0 aromatic heterocycles. The third-order valence-electron chi connectivity index (χ3n) is 3.13. The first kappa shape index (κ1) is 12.6. The molecule has 0 spiro atoms. The van der Waals surface area contributed by atoms with Gasteiger partial charge in [0.05, 0.1) is 7.11 Å². The molecule has 0 aliphatic heterocycles. The van der Waals surface area contributed by atoms with Crippen molar-refractivity contribution in [2.75, 3.05) is 7.11 Å². The Morgan fingerprint density at radius 3 is 2.61 bits per heavy atom. The summed E-state index contributed by atoms with van der Waals surface area (Å²) < 4.78 is 4.63. The maximum Gasteiger partial charge on any atom is 0.305 e. The van der Waals surface area contributed by atoms with Crippen LogP contribution in [0.5, 0.6) is 0 Å².